The number of piperazine rings is 1. The largest absolute Gasteiger partial charge is 0.480 e. The molecule has 1 heterocycles. The molecule has 1 aliphatic heterocycles. The summed E-state index contributed by atoms with van der Waals surface area (Å²) in [6.07, 6.45) is 0. The molecule has 1 saturated heterocycles. The summed E-state index contributed by atoms with van der Waals surface area (Å²) in [6.45, 7) is 2.47. The van der Waals surface area contributed by atoms with E-state index in [1.54, 1.807) is 0 Å². The molecular weight excluding hydrogens is 270 g/mol. The highest BCUT2D eigenvalue weighted by atomic mass is 16.5. The van der Waals surface area contributed by atoms with E-state index < -0.39 is 36.0 Å². The first-order chi connectivity index (χ1) is 9.25. The minimum Gasteiger partial charge on any atom is -0.480 e. The summed E-state index contributed by atoms with van der Waals surface area (Å²) in [4.78, 5) is 46.2. The summed E-state index contributed by atoms with van der Waals surface area (Å²) in [6, 6.07) is -0.586. The van der Waals surface area contributed by atoms with E-state index in [0.29, 0.717) is 0 Å². The third-order valence-corrected chi connectivity index (χ3v) is 2.78. The summed E-state index contributed by atoms with van der Waals surface area (Å²) in [5, 5.41) is 13.0. The van der Waals surface area contributed by atoms with E-state index in [1.807, 2.05) is 0 Å². The SMILES string of the molecule is CC1(C)C(=O)NC(=O)CN1C(=O)NCCOCC(=O)O. The lowest BCUT2D eigenvalue weighted by Gasteiger charge is -2.39. The number of nitrogens with one attached hydrogen (secondary N) is 2. The first-order valence-corrected chi connectivity index (χ1v) is 5.94. The van der Waals surface area contributed by atoms with Crippen LogP contribution in [0.3, 0.4) is 0 Å². The fourth-order valence-electron chi connectivity index (χ4n) is 1.59. The van der Waals surface area contributed by atoms with Crippen LogP contribution in [0, 0.1) is 0 Å². The highest BCUT2D eigenvalue weighted by Crippen LogP contribution is 2.17. The Morgan fingerprint density at radius 3 is 2.70 bits per heavy atom. The first-order valence-electron chi connectivity index (χ1n) is 5.94. The quantitative estimate of drug-likeness (QED) is 0.419. The maximum Gasteiger partial charge on any atom is 0.329 e. The predicted molar refractivity (Wildman–Crippen MR) is 65.8 cm³/mol. The van der Waals surface area contributed by atoms with Gasteiger partial charge in [-0.25, -0.2) is 9.59 Å². The van der Waals surface area contributed by atoms with Crippen LogP contribution in [0.5, 0.6) is 0 Å². The van der Waals surface area contributed by atoms with Crippen molar-refractivity contribution in [1.82, 2.24) is 15.5 Å². The Morgan fingerprint density at radius 1 is 1.45 bits per heavy atom. The van der Waals surface area contributed by atoms with Crippen LogP contribution in [0.4, 0.5) is 4.79 Å². The molecule has 0 saturated carbocycles. The van der Waals surface area contributed by atoms with Crippen LogP contribution in [-0.4, -0.2) is 65.7 Å². The minimum atomic E-state index is -1.14. The average Bonchev–Trinajstić information content (AvgIpc) is 2.33. The van der Waals surface area contributed by atoms with Crippen molar-refractivity contribution in [2.24, 2.45) is 0 Å². The van der Waals surface area contributed by atoms with E-state index in [0.717, 1.165) is 4.90 Å². The molecule has 4 amide bonds. The Bertz CT molecular complexity index is 434. The smallest absolute Gasteiger partial charge is 0.329 e. The number of nitrogens with zero attached hydrogens (tertiary/aromatic N) is 1. The van der Waals surface area contributed by atoms with Gasteiger partial charge in [-0.2, -0.15) is 0 Å². The molecule has 0 atom stereocenters. The number of aliphatic carboxylic acids is 1. The summed E-state index contributed by atoms with van der Waals surface area (Å²) >= 11 is 0. The first kappa shape index (κ1) is 15.9. The van der Waals surface area contributed by atoms with Gasteiger partial charge in [0.1, 0.15) is 18.7 Å². The predicted octanol–water partition coefficient (Wildman–Crippen LogP) is -1.47. The van der Waals surface area contributed by atoms with E-state index in [4.69, 9.17) is 9.84 Å². The van der Waals surface area contributed by atoms with Gasteiger partial charge in [0, 0.05) is 6.54 Å². The number of hydrogen-bond acceptors (Lipinski definition) is 5. The van der Waals surface area contributed by atoms with Gasteiger partial charge in [0.15, 0.2) is 0 Å². The molecule has 20 heavy (non-hydrogen) atoms. The van der Waals surface area contributed by atoms with Crippen molar-refractivity contribution in [3.05, 3.63) is 0 Å². The maximum atomic E-state index is 11.9. The molecule has 0 radical (unpaired) electrons. The maximum absolute atomic E-state index is 11.9. The molecule has 3 N–H and O–H groups in total. The number of ether oxygens (including phenoxy) is 1. The molecule has 1 rings (SSSR count). The van der Waals surface area contributed by atoms with Crippen LogP contribution in [0.15, 0.2) is 0 Å². The topological polar surface area (TPSA) is 125 Å². The molecule has 0 aliphatic carbocycles. The van der Waals surface area contributed by atoms with Crippen molar-refractivity contribution in [3.63, 3.8) is 0 Å². The van der Waals surface area contributed by atoms with E-state index in [9.17, 15) is 19.2 Å². The lowest BCUT2D eigenvalue weighted by atomic mass is 9.99. The highest BCUT2D eigenvalue weighted by molar-refractivity contribution is 6.05. The van der Waals surface area contributed by atoms with Crippen LogP contribution in [0.1, 0.15) is 13.8 Å². The molecule has 0 bridgehead atoms. The molecule has 9 nitrogen and oxygen atoms in total. The van der Waals surface area contributed by atoms with Gasteiger partial charge in [-0.1, -0.05) is 0 Å². The van der Waals surface area contributed by atoms with Gasteiger partial charge < -0.3 is 20.1 Å². The van der Waals surface area contributed by atoms with Gasteiger partial charge in [-0.05, 0) is 13.8 Å². The number of hydrogen-bond donors (Lipinski definition) is 3. The van der Waals surface area contributed by atoms with E-state index in [1.165, 1.54) is 13.8 Å². The van der Waals surface area contributed by atoms with Crippen molar-refractivity contribution in [1.29, 1.82) is 0 Å². The van der Waals surface area contributed by atoms with Crippen LogP contribution in [0.2, 0.25) is 0 Å². The zero-order chi connectivity index (χ0) is 15.3. The van der Waals surface area contributed by atoms with Crippen molar-refractivity contribution >= 4 is 23.8 Å². The van der Waals surface area contributed by atoms with Gasteiger partial charge >= 0.3 is 12.0 Å². The molecule has 0 aromatic rings. The Balaban J connectivity index is 2.47. The third-order valence-electron chi connectivity index (χ3n) is 2.78. The fraction of sp³-hybridized carbons (Fsp3) is 0.636. The second-order valence-electron chi connectivity index (χ2n) is 4.70. The zero-order valence-electron chi connectivity index (χ0n) is 11.3. The second-order valence-corrected chi connectivity index (χ2v) is 4.70. The Hall–Kier alpha value is -2.16. The Morgan fingerprint density at radius 2 is 2.10 bits per heavy atom. The standard InChI is InChI=1S/C11H17N3O6/c1-11(2)9(18)13-7(15)5-14(11)10(19)12-3-4-20-6-8(16)17/h3-6H2,1-2H3,(H,12,19)(H,16,17)(H,13,15,18). The third kappa shape index (κ3) is 3.92. The number of carbonyl (C=O) groups excluding carboxylic acids is 3. The molecular formula is C11H17N3O6. The Kier molecular flexibility index (Phi) is 5.03. The number of carbonyl (C=O) groups is 4. The van der Waals surface area contributed by atoms with Gasteiger partial charge in [0.25, 0.3) is 5.91 Å². The molecule has 0 spiro atoms. The van der Waals surface area contributed by atoms with Crippen molar-refractivity contribution in [2.45, 2.75) is 19.4 Å². The van der Waals surface area contributed by atoms with Crippen molar-refractivity contribution < 1.29 is 29.0 Å². The molecule has 0 aromatic heterocycles. The molecule has 0 aromatic carbocycles. The van der Waals surface area contributed by atoms with Crippen LogP contribution < -0.4 is 10.6 Å². The second kappa shape index (κ2) is 6.33. The zero-order valence-corrected chi connectivity index (χ0v) is 11.3. The minimum absolute atomic E-state index is 0.0203. The summed E-state index contributed by atoms with van der Waals surface area (Å²) in [5.74, 6) is -2.20. The van der Waals surface area contributed by atoms with Gasteiger partial charge in [-0.3, -0.25) is 14.9 Å². The number of urea groups is 1. The van der Waals surface area contributed by atoms with Crippen LogP contribution in [-0.2, 0) is 19.1 Å². The van der Waals surface area contributed by atoms with Crippen molar-refractivity contribution in [3.8, 4) is 0 Å². The van der Waals surface area contributed by atoms with Gasteiger partial charge in [-0.15, -0.1) is 0 Å². The van der Waals surface area contributed by atoms with E-state index in [-0.39, 0.29) is 19.7 Å². The van der Waals surface area contributed by atoms with E-state index >= 15 is 0 Å². The summed E-state index contributed by atoms with van der Waals surface area (Å²) in [7, 11) is 0. The highest BCUT2D eigenvalue weighted by Gasteiger charge is 2.43. The van der Waals surface area contributed by atoms with Gasteiger partial charge in [0.2, 0.25) is 5.91 Å². The molecule has 9 heteroatoms. The average molecular weight is 287 g/mol. The number of carboxylic acids is 1. The number of amides is 4. The van der Waals surface area contributed by atoms with Crippen LogP contribution >= 0.6 is 0 Å². The van der Waals surface area contributed by atoms with Crippen molar-refractivity contribution in [2.75, 3.05) is 26.3 Å². The lowest BCUT2D eigenvalue weighted by Crippen LogP contribution is -2.67. The summed E-state index contributed by atoms with van der Waals surface area (Å²) in [5.41, 5.74) is -1.14. The summed E-state index contributed by atoms with van der Waals surface area (Å²) < 4.78 is 4.75. The number of rotatable bonds is 5. The molecule has 1 aliphatic rings. The molecule has 112 valence electrons. The van der Waals surface area contributed by atoms with Gasteiger partial charge in [0.05, 0.1) is 6.61 Å². The molecule has 1 fully saturated rings. The Labute approximate surface area is 115 Å². The monoisotopic (exact) mass is 287 g/mol. The number of carboxylic acid groups (broad SMARTS) is 1. The fourth-order valence-corrected chi connectivity index (χ4v) is 1.59. The number of imide groups is 1. The van der Waals surface area contributed by atoms with Crippen LogP contribution in [0.25, 0.3) is 0 Å². The van der Waals surface area contributed by atoms with E-state index in [2.05, 4.69) is 10.6 Å². The lowest BCUT2D eigenvalue weighted by molar-refractivity contribution is -0.143. The normalized spacial score (nSPS) is 17.6. The molecule has 0 unspecified atom stereocenters.